The van der Waals surface area contributed by atoms with Gasteiger partial charge in [0, 0.05) is 30.6 Å². The van der Waals surface area contributed by atoms with Gasteiger partial charge in [0.1, 0.15) is 11.9 Å². The highest BCUT2D eigenvalue weighted by Crippen LogP contribution is 2.24. The lowest BCUT2D eigenvalue weighted by Gasteiger charge is -2.11. The van der Waals surface area contributed by atoms with Crippen LogP contribution in [0, 0.1) is 17.2 Å². The topological polar surface area (TPSA) is 111 Å². The molecule has 0 aliphatic heterocycles. The van der Waals surface area contributed by atoms with Gasteiger partial charge in [0.05, 0.1) is 23.6 Å². The van der Waals surface area contributed by atoms with Gasteiger partial charge in [0.25, 0.3) is 0 Å². The molecule has 3 rings (SSSR count). The third kappa shape index (κ3) is 6.94. The number of benzene rings is 2. The lowest BCUT2D eigenvalue weighted by atomic mass is 10.0. The number of anilines is 1. The summed E-state index contributed by atoms with van der Waals surface area (Å²) < 4.78 is 0. The Labute approximate surface area is 194 Å². The highest BCUT2D eigenvalue weighted by atomic mass is 16.3. The van der Waals surface area contributed by atoms with Gasteiger partial charge in [0.15, 0.2) is 0 Å². The molecule has 0 bridgehead atoms. The Kier molecular flexibility index (Phi) is 8.64. The maximum Gasteiger partial charge on any atom is 0.226 e. The monoisotopic (exact) mass is 443 g/mol. The average molecular weight is 444 g/mol. The van der Waals surface area contributed by atoms with Gasteiger partial charge >= 0.3 is 0 Å². The third-order valence-corrected chi connectivity index (χ3v) is 5.19. The number of hydrogen-bond donors (Lipinski definition) is 3. The first kappa shape index (κ1) is 24.1. The van der Waals surface area contributed by atoms with Crippen LogP contribution in [0.3, 0.4) is 0 Å². The number of carbonyl (C=O) groups is 1. The Bertz CT molecular complexity index is 1120. The van der Waals surface area contributed by atoms with Gasteiger partial charge in [-0.25, -0.2) is 9.97 Å². The fourth-order valence-corrected chi connectivity index (χ4v) is 3.27. The lowest BCUT2D eigenvalue weighted by Crippen LogP contribution is -2.20. The number of nitrogens with one attached hydrogen (secondary N) is 2. The van der Waals surface area contributed by atoms with E-state index in [1.165, 1.54) is 5.56 Å². The zero-order chi connectivity index (χ0) is 23.6. The number of amides is 1. The van der Waals surface area contributed by atoms with Crippen molar-refractivity contribution in [3.63, 3.8) is 0 Å². The normalized spacial score (nSPS) is 10.8. The molecular weight excluding hydrogens is 414 g/mol. The molecule has 170 valence electrons. The molecule has 0 fully saturated rings. The molecule has 0 radical (unpaired) electrons. The van der Waals surface area contributed by atoms with E-state index in [2.05, 4.69) is 50.9 Å². The molecule has 1 heterocycles. The van der Waals surface area contributed by atoms with E-state index in [0.29, 0.717) is 30.0 Å². The molecule has 3 aromatic rings. The number of aliphatic hydroxyl groups is 1. The summed E-state index contributed by atoms with van der Waals surface area (Å²) >= 11 is 0. The highest BCUT2D eigenvalue weighted by molar-refractivity contribution is 5.93. The Morgan fingerprint density at radius 3 is 2.55 bits per heavy atom. The zero-order valence-corrected chi connectivity index (χ0v) is 19.0. The van der Waals surface area contributed by atoms with E-state index < -0.39 is 0 Å². The summed E-state index contributed by atoms with van der Waals surface area (Å²) in [7, 11) is 0. The summed E-state index contributed by atoms with van der Waals surface area (Å²) in [5.74, 6) is 0.397. The standard InChI is InChI=1S/C26H29N5O2/c1-18(2)26(33)31-23-8-7-21(16-22(23)17-27)24-10-12-29-25(30-24)15-20-5-3-19(4-6-20)9-11-28-13-14-32/h3-8,10,12,16,18,28,32H,9,11,13-15H2,1-2H3,(H,31,33). The van der Waals surface area contributed by atoms with Crippen molar-refractivity contribution in [2.75, 3.05) is 25.0 Å². The molecule has 33 heavy (non-hydrogen) atoms. The van der Waals surface area contributed by atoms with E-state index in [9.17, 15) is 10.1 Å². The molecule has 0 saturated heterocycles. The van der Waals surface area contributed by atoms with Crippen LogP contribution < -0.4 is 10.6 Å². The molecule has 0 spiro atoms. The molecular formula is C26H29N5O2. The minimum atomic E-state index is -0.169. The molecule has 1 amide bonds. The van der Waals surface area contributed by atoms with Gasteiger partial charge in [-0.1, -0.05) is 44.2 Å². The van der Waals surface area contributed by atoms with E-state index in [1.54, 1.807) is 18.3 Å². The summed E-state index contributed by atoms with van der Waals surface area (Å²) in [6.07, 6.45) is 3.23. The number of aromatic nitrogens is 2. The van der Waals surface area contributed by atoms with Crippen LogP contribution in [0.25, 0.3) is 11.3 Å². The predicted octanol–water partition coefficient (Wildman–Crippen LogP) is 3.32. The van der Waals surface area contributed by atoms with Crippen LogP contribution in [-0.4, -0.2) is 40.7 Å². The smallest absolute Gasteiger partial charge is 0.226 e. The number of carbonyl (C=O) groups excluding carboxylic acids is 1. The van der Waals surface area contributed by atoms with Crippen molar-refractivity contribution in [1.82, 2.24) is 15.3 Å². The van der Waals surface area contributed by atoms with Crippen LogP contribution in [0.5, 0.6) is 0 Å². The van der Waals surface area contributed by atoms with Gasteiger partial charge in [-0.3, -0.25) is 4.79 Å². The Morgan fingerprint density at radius 2 is 1.85 bits per heavy atom. The second kappa shape index (κ2) is 11.9. The number of nitriles is 1. The molecule has 0 unspecified atom stereocenters. The second-order valence-corrected chi connectivity index (χ2v) is 8.09. The summed E-state index contributed by atoms with van der Waals surface area (Å²) in [6.45, 7) is 5.20. The number of aliphatic hydroxyl groups excluding tert-OH is 1. The lowest BCUT2D eigenvalue weighted by molar-refractivity contribution is -0.118. The van der Waals surface area contributed by atoms with Crippen molar-refractivity contribution >= 4 is 11.6 Å². The highest BCUT2D eigenvalue weighted by Gasteiger charge is 2.12. The molecule has 0 atom stereocenters. The minimum absolute atomic E-state index is 0.129. The SMILES string of the molecule is CC(C)C(=O)Nc1ccc(-c2ccnc(Cc3ccc(CCNCCO)cc3)n2)cc1C#N. The fraction of sp³-hybridized carbons (Fsp3) is 0.308. The number of rotatable bonds is 10. The maximum absolute atomic E-state index is 12.0. The van der Waals surface area contributed by atoms with Crippen molar-refractivity contribution in [2.45, 2.75) is 26.7 Å². The molecule has 7 nitrogen and oxygen atoms in total. The zero-order valence-electron chi connectivity index (χ0n) is 19.0. The molecule has 2 aromatic carbocycles. The van der Waals surface area contributed by atoms with E-state index in [-0.39, 0.29) is 18.4 Å². The molecule has 7 heteroatoms. The van der Waals surface area contributed by atoms with Gasteiger partial charge in [-0.2, -0.15) is 5.26 Å². The van der Waals surface area contributed by atoms with E-state index in [0.717, 1.165) is 29.8 Å². The Morgan fingerprint density at radius 1 is 1.09 bits per heavy atom. The molecule has 0 saturated carbocycles. The Hall–Kier alpha value is -3.60. The Balaban J connectivity index is 1.71. The van der Waals surface area contributed by atoms with Crippen molar-refractivity contribution in [3.8, 4) is 17.3 Å². The predicted molar refractivity (Wildman–Crippen MR) is 129 cm³/mol. The maximum atomic E-state index is 12.0. The molecule has 0 aliphatic carbocycles. The second-order valence-electron chi connectivity index (χ2n) is 8.09. The largest absolute Gasteiger partial charge is 0.395 e. The summed E-state index contributed by atoms with van der Waals surface area (Å²) in [5, 5.41) is 24.3. The van der Waals surface area contributed by atoms with Gasteiger partial charge < -0.3 is 15.7 Å². The van der Waals surface area contributed by atoms with Gasteiger partial charge in [-0.15, -0.1) is 0 Å². The van der Waals surface area contributed by atoms with Crippen molar-refractivity contribution in [1.29, 1.82) is 5.26 Å². The van der Waals surface area contributed by atoms with Crippen LogP contribution in [0.15, 0.2) is 54.7 Å². The van der Waals surface area contributed by atoms with Gasteiger partial charge in [-0.05, 0) is 42.3 Å². The minimum Gasteiger partial charge on any atom is -0.395 e. The number of hydrogen-bond acceptors (Lipinski definition) is 6. The van der Waals surface area contributed by atoms with Crippen LogP contribution in [0.4, 0.5) is 5.69 Å². The first-order valence-electron chi connectivity index (χ1n) is 11.1. The summed E-state index contributed by atoms with van der Waals surface area (Å²) in [4.78, 5) is 21.1. The van der Waals surface area contributed by atoms with Crippen molar-refractivity contribution in [3.05, 3.63) is 77.2 Å². The van der Waals surface area contributed by atoms with Crippen LogP contribution in [0.1, 0.15) is 36.4 Å². The van der Waals surface area contributed by atoms with Crippen LogP contribution in [0.2, 0.25) is 0 Å². The fourth-order valence-electron chi connectivity index (χ4n) is 3.27. The summed E-state index contributed by atoms with van der Waals surface area (Å²) in [6, 6.07) is 17.7. The average Bonchev–Trinajstić information content (AvgIpc) is 2.83. The molecule has 0 aliphatic rings. The van der Waals surface area contributed by atoms with Gasteiger partial charge in [0.2, 0.25) is 5.91 Å². The molecule has 1 aromatic heterocycles. The first-order valence-corrected chi connectivity index (χ1v) is 11.1. The van der Waals surface area contributed by atoms with E-state index in [1.807, 2.05) is 26.0 Å². The summed E-state index contributed by atoms with van der Waals surface area (Å²) in [5.41, 5.74) is 4.76. The molecule has 3 N–H and O–H groups in total. The van der Waals surface area contributed by atoms with Crippen LogP contribution in [-0.2, 0) is 17.6 Å². The van der Waals surface area contributed by atoms with Crippen LogP contribution >= 0.6 is 0 Å². The van der Waals surface area contributed by atoms with Crippen molar-refractivity contribution < 1.29 is 9.90 Å². The first-order chi connectivity index (χ1) is 16.0. The quantitative estimate of drug-likeness (QED) is 0.415. The van der Waals surface area contributed by atoms with Crippen molar-refractivity contribution in [2.24, 2.45) is 5.92 Å². The van der Waals surface area contributed by atoms with E-state index >= 15 is 0 Å². The third-order valence-electron chi connectivity index (χ3n) is 5.19. The van der Waals surface area contributed by atoms with E-state index in [4.69, 9.17) is 5.11 Å². The number of nitrogens with zero attached hydrogens (tertiary/aromatic N) is 3.